The van der Waals surface area contributed by atoms with Crippen molar-refractivity contribution in [3.05, 3.63) is 47.3 Å². The normalized spacial score (nSPS) is 10.7. The summed E-state index contributed by atoms with van der Waals surface area (Å²) in [6, 6.07) is 13.6. The fourth-order valence-corrected chi connectivity index (χ4v) is 3.43. The molecule has 4 N–H and O–H groups in total. The quantitative estimate of drug-likeness (QED) is 0.779. The molecule has 0 aliphatic rings. The molecule has 2 aromatic carbocycles. The molecule has 0 saturated carbocycles. The van der Waals surface area contributed by atoms with Crippen LogP contribution in [0.4, 0.5) is 5.69 Å². The van der Waals surface area contributed by atoms with Crippen LogP contribution in [0.5, 0.6) is 5.75 Å². The third-order valence-electron chi connectivity index (χ3n) is 3.38. The first kappa shape index (κ1) is 13.5. The van der Waals surface area contributed by atoms with E-state index in [4.69, 9.17) is 16.2 Å². The van der Waals surface area contributed by atoms with E-state index in [1.54, 1.807) is 7.11 Å². The summed E-state index contributed by atoms with van der Waals surface area (Å²) in [7, 11) is 1.63. The molecule has 3 aromatic rings. The molecule has 5 heteroatoms. The fraction of sp³-hybridized carbons (Fsp3) is 0.0625. The molecule has 0 radical (unpaired) electrons. The molecule has 0 atom stereocenters. The van der Waals surface area contributed by atoms with E-state index in [-0.39, 0.29) is 0 Å². The topological polar surface area (TPSA) is 78.3 Å². The van der Waals surface area contributed by atoms with Crippen LogP contribution in [0.1, 0.15) is 9.67 Å². The standard InChI is InChI=1S/C16H14N2O2S/c1-20-10-7-5-9(6-8-10)11-3-2-4-12-13(17)15(16(18)19)21-14(11)12/h2-8H,17H2,1H3,(H2,18,19). The predicted molar refractivity (Wildman–Crippen MR) is 86.7 cm³/mol. The minimum Gasteiger partial charge on any atom is -0.497 e. The van der Waals surface area contributed by atoms with Crippen molar-refractivity contribution in [1.82, 2.24) is 0 Å². The number of ether oxygens (including phenoxy) is 1. The molecule has 0 spiro atoms. The molecule has 0 fully saturated rings. The van der Waals surface area contributed by atoms with Crippen molar-refractivity contribution in [1.29, 1.82) is 0 Å². The lowest BCUT2D eigenvalue weighted by atomic mass is 10.0. The van der Waals surface area contributed by atoms with Gasteiger partial charge in [-0.3, -0.25) is 4.79 Å². The third kappa shape index (κ3) is 2.21. The van der Waals surface area contributed by atoms with Gasteiger partial charge in [0, 0.05) is 10.1 Å². The number of nitrogens with two attached hydrogens (primary N) is 2. The van der Waals surface area contributed by atoms with E-state index in [9.17, 15) is 4.79 Å². The van der Waals surface area contributed by atoms with Gasteiger partial charge in [0.25, 0.3) is 5.91 Å². The Morgan fingerprint density at radius 3 is 2.48 bits per heavy atom. The van der Waals surface area contributed by atoms with Gasteiger partial charge in [0.05, 0.1) is 12.8 Å². The molecule has 0 saturated heterocycles. The van der Waals surface area contributed by atoms with Crippen molar-refractivity contribution in [3.63, 3.8) is 0 Å². The summed E-state index contributed by atoms with van der Waals surface area (Å²) in [5.41, 5.74) is 13.9. The number of anilines is 1. The van der Waals surface area contributed by atoms with Crippen molar-refractivity contribution in [3.8, 4) is 16.9 Å². The Hall–Kier alpha value is -2.53. The summed E-state index contributed by atoms with van der Waals surface area (Å²) in [4.78, 5) is 11.9. The lowest BCUT2D eigenvalue weighted by Crippen LogP contribution is -2.10. The highest BCUT2D eigenvalue weighted by Crippen LogP contribution is 2.39. The second kappa shape index (κ2) is 5.10. The Kier molecular flexibility index (Phi) is 3.27. The van der Waals surface area contributed by atoms with E-state index in [0.717, 1.165) is 27.0 Å². The van der Waals surface area contributed by atoms with Crippen LogP contribution < -0.4 is 16.2 Å². The number of nitrogen functional groups attached to an aromatic ring is 1. The van der Waals surface area contributed by atoms with Crippen LogP contribution in [0.2, 0.25) is 0 Å². The number of amides is 1. The predicted octanol–water partition coefficient (Wildman–Crippen LogP) is 3.26. The molecular formula is C16H14N2O2S. The van der Waals surface area contributed by atoms with Crippen molar-refractivity contribution in [2.75, 3.05) is 12.8 Å². The maximum Gasteiger partial charge on any atom is 0.260 e. The van der Waals surface area contributed by atoms with E-state index in [1.165, 1.54) is 11.3 Å². The van der Waals surface area contributed by atoms with Crippen molar-refractivity contribution in [2.24, 2.45) is 5.73 Å². The lowest BCUT2D eigenvalue weighted by molar-refractivity contribution is 0.100. The Labute approximate surface area is 125 Å². The molecule has 1 amide bonds. The Balaban J connectivity index is 2.22. The monoisotopic (exact) mass is 298 g/mol. The zero-order valence-electron chi connectivity index (χ0n) is 11.4. The van der Waals surface area contributed by atoms with Crippen LogP contribution in [0, 0.1) is 0 Å². The smallest absolute Gasteiger partial charge is 0.260 e. The molecule has 0 aliphatic heterocycles. The number of methoxy groups -OCH3 is 1. The van der Waals surface area contributed by atoms with Crippen molar-refractivity contribution < 1.29 is 9.53 Å². The maximum atomic E-state index is 11.5. The van der Waals surface area contributed by atoms with Gasteiger partial charge in [-0.15, -0.1) is 11.3 Å². The molecule has 1 heterocycles. The second-order valence-corrected chi connectivity index (χ2v) is 5.64. The highest BCUT2D eigenvalue weighted by Gasteiger charge is 2.16. The summed E-state index contributed by atoms with van der Waals surface area (Å²) in [6.45, 7) is 0. The number of carbonyl (C=O) groups is 1. The summed E-state index contributed by atoms with van der Waals surface area (Å²) < 4.78 is 6.14. The van der Waals surface area contributed by atoms with E-state index < -0.39 is 5.91 Å². The van der Waals surface area contributed by atoms with Crippen molar-refractivity contribution >= 4 is 33.0 Å². The molecule has 1 aromatic heterocycles. The second-order valence-electron chi connectivity index (χ2n) is 4.62. The highest BCUT2D eigenvalue weighted by atomic mass is 32.1. The van der Waals surface area contributed by atoms with Crippen LogP contribution in [0.3, 0.4) is 0 Å². The van der Waals surface area contributed by atoms with E-state index in [0.29, 0.717) is 10.6 Å². The maximum absolute atomic E-state index is 11.5. The Morgan fingerprint density at radius 1 is 1.14 bits per heavy atom. The van der Waals surface area contributed by atoms with Gasteiger partial charge in [0.1, 0.15) is 10.6 Å². The Bertz CT molecular complexity index is 822. The molecule has 0 bridgehead atoms. The third-order valence-corrected chi connectivity index (χ3v) is 4.65. The van der Waals surface area contributed by atoms with Crippen LogP contribution in [-0.4, -0.2) is 13.0 Å². The molecule has 106 valence electrons. The van der Waals surface area contributed by atoms with Gasteiger partial charge in [-0.25, -0.2) is 0 Å². The summed E-state index contributed by atoms with van der Waals surface area (Å²) in [5, 5.41) is 0.863. The van der Waals surface area contributed by atoms with Gasteiger partial charge in [-0.1, -0.05) is 30.3 Å². The minimum atomic E-state index is -0.491. The Morgan fingerprint density at radius 2 is 1.86 bits per heavy atom. The van der Waals surface area contributed by atoms with Gasteiger partial charge in [-0.05, 0) is 23.3 Å². The van der Waals surface area contributed by atoms with Gasteiger partial charge in [0.15, 0.2) is 0 Å². The molecule has 3 rings (SSSR count). The summed E-state index contributed by atoms with van der Waals surface area (Å²) >= 11 is 1.33. The van der Waals surface area contributed by atoms with E-state index in [2.05, 4.69) is 0 Å². The minimum absolute atomic E-state index is 0.408. The van der Waals surface area contributed by atoms with E-state index in [1.807, 2.05) is 42.5 Å². The number of benzene rings is 2. The molecule has 21 heavy (non-hydrogen) atoms. The van der Waals surface area contributed by atoms with Crippen molar-refractivity contribution in [2.45, 2.75) is 0 Å². The largest absolute Gasteiger partial charge is 0.497 e. The molecular weight excluding hydrogens is 284 g/mol. The fourth-order valence-electron chi connectivity index (χ4n) is 2.32. The summed E-state index contributed by atoms with van der Waals surface area (Å²) in [5.74, 6) is 0.309. The number of rotatable bonds is 3. The van der Waals surface area contributed by atoms with Gasteiger partial charge >= 0.3 is 0 Å². The molecule has 0 unspecified atom stereocenters. The van der Waals surface area contributed by atoms with E-state index >= 15 is 0 Å². The number of fused-ring (bicyclic) bond motifs is 1. The highest BCUT2D eigenvalue weighted by molar-refractivity contribution is 7.22. The SMILES string of the molecule is COc1ccc(-c2cccc3c(N)c(C(N)=O)sc23)cc1. The zero-order valence-corrected chi connectivity index (χ0v) is 12.2. The number of hydrogen-bond acceptors (Lipinski definition) is 4. The number of hydrogen-bond donors (Lipinski definition) is 2. The van der Waals surface area contributed by atoms with Crippen LogP contribution in [0.15, 0.2) is 42.5 Å². The first-order valence-corrected chi connectivity index (χ1v) is 7.18. The van der Waals surface area contributed by atoms with Gasteiger partial charge < -0.3 is 16.2 Å². The first-order valence-electron chi connectivity index (χ1n) is 6.37. The van der Waals surface area contributed by atoms with Crippen LogP contribution in [0.25, 0.3) is 21.2 Å². The first-order chi connectivity index (χ1) is 10.1. The van der Waals surface area contributed by atoms with Crippen LogP contribution in [-0.2, 0) is 0 Å². The average Bonchev–Trinajstić information content (AvgIpc) is 2.85. The average molecular weight is 298 g/mol. The van der Waals surface area contributed by atoms with Crippen LogP contribution >= 0.6 is 11.3 Å². The summed E-state index contributed by atoms with van der Waals surface area (Å²) in [6.07, 6.45) is 0. The van der Waals surface area contributed by atoms with Gasteiger partial charge in [0.2, 0.25) is 0 Å². The number of primary amides is 1. The molecule has 0 aliphatic carbocycles. The van der Waals surface area contributed by atoms with Gasteiger partial charge in [-0.2, -0.15) is 0 Å². The number of carbonyl (C=O) groups excluding carboxylic acids is 1. The zero-order chi connectivity index (χ0) is 15.0. The number of thiophene rings is 1. The lowest BCUT2D eigenvalue weighted by Gasteiger charge is -2.05. The molecule has 4 nitrogen and oxygen atoms in total.